The Morgan fingerprint density at radius 2 is 1.93 bits per heavy atom. The molecule has 7 heteroatoms. The maximum absolute atomic E-state index is 13.7. The van der Waals surface area contributed by atoms with Crippen LogP contribution in [0.5, 0.6) is 11.5 Å². The number of hydrogen-bond acceptors (Lipinski definition) is 5. The number of imide groups is 1. The Bertz CT molecular complexity index is 858. The highest BCUT2D eigenvalue weighted by atomic mass is 32.2. The van der Waals surface area contributed by atoms with E-state index in [9.17, 15) is 14.0 Å². The van der Waals surface area contributed by atoms with E-state index < -0.39 is 5.25 Å². The summed E-state index contributed by atoms with van der Waals surface area (Å²) in [6.45, 7) is 2.25. The Morgan fingerprint density at radius 1 is 1.15 bits per heavy atom. The van der Waals surface area contributed by atoms with Gasteiger partial charge in [-0.15, -0.1) is 0 Å². The summed E-state index contributed by atoms with van der Waals surface area (Å²) in [4.78, 5) is 25.4. The number of amides is 2. The molecule has 0 radical (unpaired) electrons. The molecule has 27 heavy (non-hydrogen) atoms. The minimum absolute atomic E-state index is 0.0826. The number of nitrogens with zero attached hydrogens (tertiary/aromatic N) is 1. The molecule has 1 heterocycles. The van der Waals surface area contributed by atoms with Crippen molar-refractivity contribution >= 4 is 22.9 Å². The molecule has 1 fully saturated rings. The average Bonchev–Trinajstić information content (AvgIpc) is 2.94. The molecule has 142 valence electrons. The van der Waals surface area contributed by atoms with Crippen molar-refractivity contribution in [1.29, 1.82) is 0 Å². The van der Waals surface area contributed by atoms with E-state index >= 15 is 0 Å². The third-order valence-corrected chi connectivity index (χ3v) is 5.39. The first-order chi connectivity index (χ1) is 13.0. The molecule has 1 saturated heterocycles. The predicted molar refractivity (Wildman–Crippen MR) is 102 cm³/mol. The second-order valence-electron chi connectivity index (χ2n) is 6.02. The number of halogens is 1. The summed E-state index contributed by atoms with van der Waals surface area (Å²) in [5.74, 6) is 0.500. The zero-order chi connectivity index (χ0) is 19.4. The van der Waals surface area contributed by atoms with Crippen molar-refractivity contribution in [2.45, 2.75) is 25.2 Å². The molecule has 0 aromatic heterocycles. The van der Waals surface area contributed by atoms with Crippen LogP contribution in [0, 0.1) is 5.82 Å². The lowest BCUT2D eigenvalue weighted by Gasteiger charge is -2.14. The van der Waals surface area contributed by atoms with Crippen LogP contribution < -0.4 is 9.47 Å². The summed E-state index contributed by atoms with van der Waals surface area (Å²) in [6.07, 6.45) is 0.426. The van der Waals surface area contributed by atoms with Crippen LogP contribution in [-0.4, -0.2) is 35.0 Å². The lowest BCUT2D eigenvalue weighted by atomic mass is 10.1. The first-order valence-electron chi connectivity index (χ1n) is 8.58. The Labute approximate surface area is 161 Å². The molecule has 0 spiro atoms. The van der Waals surface area contributed by atoms with Crippen molar-refractivity contribution in [3.05, 3.63) is 59.4 Å². The van der Waals surface area contributed by atoms with Crippen molar-refractivity contribution in [3.8, 4) is 11.5 Å². The molecular formula is C20H20FNO4S. The fraction of sp³-hybridized carbons (Fsp3) is 0.300. The molecule has 1 atom stereocenters. The van der Waals surface area contributed by atoms with E-state index in [1.54, 1.807) is 37.3 Å². The highest BCUT2D eigenvalue weighted by Crippen LogP contribution is 2.33. The lowest BCUT2D eigenvalue weighted by molar-refractivity contribution is -0.126. The van der Waals surface area contributed by atoms with E-state index in [2.05, 4.69) is 0 Å². The normalized spacial score (nSPS) is 16.7. The molecule has 5 nitrogen and oxygen atoms in total. The highest BCUT2D eigenvalue weighted by molar-refractivity contribution is 8.15. The summed E-state index contributed by atoms with van der Waals surface area (Å²) in [7, 11) is 1.52. The van der Waals surface area contributed by atoms with Crippen molar-refractivity contribution < 1.29 is 23.5 Å². The maximum atomic E-state index is 13.7. The molecule has 1 aliphatic heterocycles. The van der Waals surface area contributed by atoms with Gasteiger partial charge in [-0.25, -0.2) is 4.39 Å². The van der Waals surface area contributed by atoms with Gasteiger partial charge < -0.3 is 9.47 Å². The Morgan fingerprint density at radius 3 is 2.59 bits per heavy atom. The maximum Gasteiger partial charge on any atom is 0.289 e. The van der Waals surface area contributed by atoms with Gasteiger partial charge in [0.15, 0.2) is 11.5 Å². The van der Waals surface area contributed by atoms with Gasteiger partial charge in [0.25, 0.3) is 5.24 Å². The van der Waals surface area contributed by atoms with Crippen LogP contribution in [0.1, 0.15) is 18.1 Å². The molecule has 2 aromatic rings. The summed E-state index contributed by atoms with van der Waals surface area (Å²) < 4.78 is 24.8. The number of rotatable bonds is 7. The third-order valence-electron chi connectivity index (χ3n) is 4.31. The van der Waals surface area contributed by atoms with Crippen LogP contribution in [0.3, 0.4) is 0 Å². The summed E-state index contributed by atoms with van der Waals surface area (Å²) in [6, 6.07) is 11.8. The SMILES string of the molecule is CCN1C(=O)S[C@@H](Cc2ccc(OCc3ccccc3F)c(OC)c2)C1=O. The minimum Gasteiger partial charge on any atom is -0.493 e. The summed E-state index contributed by atoms with van der Waals surface area (Å²) in [5.41, 5.74) is 1.32. The van der Waals surface area contributed by atoms with Crippen molar-refractivity contribution in [1.82, 2.24) is 4.90 Å². The van der Waals surface area contributed by atoms with E-state index in [1.165, 1.54) is 18.1 Å². The first kappa shape index (κ1) is 19.2. The summed E-state index contributed by atoms with van der Waals surface area (Å²) in [5, 5.41) is -0.628. The number of carbonyl (C=O) groups is 2. The van der Waals surface area contributed by atoms with Gasteiger partial charge in [0.05, 0.1) is 12.4 Å². The van der Waals surface area contributed by atoms with E-state index in [0.29, 0.717) is 30.0 Å². The molecule has 0 aliphatic carbocycles. The molecular weight excluding hydrogens is 369 g/mol. The minimum atomic E-state index is -0.424. The van der Waals surface area contributed by atoms with Crippen molar-refractivity contribution in [3.63, 3.8) is 0 Å². The largest absolute Gasteiger partial charge is 0.493 e. The van der Waals surface area contributed by atoms with Gasteiger partial charge in [-0.05, 0) is 37.1 Å². The van der Waals surface area contributed by atoms with Crippen LogP contribution in [0.25, 0.3) is 0 Å². The van der Waals surface area contributed by atoms with Crippen LogP contribution in [0.4, 0.5) is 9.18 Å². The fourth-order valence-corrected chi connectivity index (χ4v) is 3.95. The van der Waals surface area contributed by atoms with E-state index in [-0.39, 0.29) is 23.6 Å². The number of thioether (sulfide) groups is 1. The van der Waals surface area contributed by atoms with Gasteiger partial charge in [0, 0.05) is 12.1 Å². The third kappa shape index (κ3) is 4.24. The number of benzene rings is 2. The number of hydrogen-bond donors (Lipinski definition) is 0. The predicted octanol–water partition coefficient (Wildman–Crippen LogP) is 4.04. The second-order valence-corrected chi connectivity index (χ2v) is 7.18. The van der Waals surface area contributed by atoms with Gasteiger partial charge in [0.1, 0.15) is 12.4 Å². The van der Waals surface area contributed by atoms with E-state index in [1.807, 2.05) is 6.07 Å². The van der Waals surface area contributed by atoms with E-state index in [0.717, 1.165) is 17.3 Å². The number of methoxy groups -OCH3 is 1. The van der Waals surface area contributed by atoms with Gasteiger partial charge in [-0.2, -0.15) is 0 Å². The Kier molecular flexibility index (Phi) is 6.01. The van der Waals surface area contributed by atoms with Gasteiger partial charge in [-0.1, -0.05) is 36.0 Å². The van der Waals surface area contributed by atoms with E-state index in [4.69, 9.17) is 9.47 Å². The monoisotopic (exact) mass is 389 g/mol. The van der Waals surface area contributed by atoms with Crippen LogP contribution in [-0.2, 0) is 17.8 Å². The quantitative estimate of drug-likeness (QED) is 0.715. The van der Waals surface area contributed by atoms with Crippen LogP contribution in [0.2, 0.25) is 0 Å². The topological polar surface area (TPSA) is 55.8 Å². The molecule has 0 bridgehead atoms. The highest BCUT2D eigenvalue weighted by Gasteiger charge is 2.38. The van der Waals surface area contributed by atoms with Crippen molar-refractivity contribution in [2.24, 2.45) is 0 Å². The second kappa shape index (κ2) is 8.43. The number of carbonyl (C=O) groups excluding carboxylic acids is 2. The first-order valence-corrected chi connectivity index (χ1v) is 9.46. The van der Waals surface area contributed by atoms with Gasteiger partial charge >= 0.3 is 0 Å². The lowest BCUT2D eigenvalue weighted by Crippen LogP contribution is -2.31. The molecule has 2 amide bonds. The standard InChI is InChI=1S/C20H20FNO4S/c1-3-22-19(23)18(27-20(22)24)11-13-8-9-16(17(10-13)25-2)26-12-14-6-4-5-7-15(14)21/h4-10,18H,3,11-12H2,1-2H3/t18-/m0/s1. The zero-order valence-electron chi connectivity index (χ0n) is 15.1. The molecule has 0 saturated carbocycles. The van der Waals surface area contributed by atoms with Crippen LogP contribution >= 0.6 is 11.8 Å². The Balaban J connectivity index is 1.70. The van der Waals surface area contributed by atoms with Gasteiger partial charge in [-0.3, -0.25) is 14.5 Å². The molecule has 2 aromatic carbocycles. The molecule has 1 aliphatic rings. The average molecular weight is 389 g/mol. The van der Waals surface area contributed by atoms with Gasteiger partial charge in [0.2, 0.25) is 5.91 Å². The number of ether oxygens (including phenoxy) is 2. The van der Waals surface area contributed by atoms with Crippen LogP contribution in [0.15, 0.2) is 42.5 Å². The Hall–Kier alpha value is -2.54. The smallest absolute Gasteiger partial charge is 0.289 e. The van der Waals surface area contributed by atoms with Crippen molar-refractivity contribution in [2.75, 3.05) is 13.7 Å². The molecule has 0 unspecified atom stereocenters. The fourth-order valence-electron chi connectivity index (χ4n) is 2.86. The molecule has 0 N–H and O–H groups in total. The molecule has 3 rings (SSSR count). The summed E-state index contributed by atoms with van der Waals surface area (Å²) >= 11 is 1.05. The zero-order valence-corrected chi connectivity index (χ0v) is 15.9.